The molecule has 1 aliphatic rings. The van der Waals surface area contributed by atoms with Gasteiger partial charge in [-0.3, -0.25) is 4.79 Å². The zero-order chi connectivity index (χ0) is 17.2. The molecule has 2 aromatic rings. The number of rotatable bonds is 5. The topological polar surface area (TPSA) is 66.5 Å². The summed E-state index contributed by atoms with van der Waals surface area (Å²) in [6.07, 6.45) is 0. The van der Waals surface area contributed by atoms with Crippen molar-refractivity contribution in [2.24, 2.45) is 0 Å². The number of nitrogens with one attached hydrogen (secondary N) is 1. The van der Waals surface area contributed by atoms with Crippen LogP contribution >= 0.6 is 23.1 Å². The highest BCUT2D eigenvalue weighted by Gasteiger charge is 2.37. The van der Waals surface area contributed by atoms with E-state index in [9.17, 15) is 13.2 Å². The summed E-state index contributed by atoms with van der Waals surface area (Å²) in [5.41, 5.74) is 0.999. The van der Waals surface area contributed by atoms with Gasteiger partial charge in [0.25, 0.3) is 10.0 Å². The molecule has 0 spiro atoms. The minimum absolute atomic E-state index is 0.132. The molecule has 1 aromatic carbocycles. The maximum absolute atomic E-state index is 13.0. The number of nitrogens with zero attached hydrogens (tertiary/aromatic N) is 1. The van der Waals surface area contributed by atoms with Gasteiger partial charge in [0.05, 0.1) is 11.9 Å². The van der Waals surface area contributed by atoms with Gasteiger partial charge in [-0.2, -0.15) is 4.31 Å². The number of thioether (sulfide) groups is 1. The first-order valence-electron chi connectivity index (χ1n) is 7.50. The molecule has 3 rings (SSSR count). The summed E-state index contributed by atoms with van der Waals surface area (Å²) in [6.45, 7) is 2.30. The second-order valence-electron chi connectivity index (χ2n) is 5.38. The first-order chi connectivity index (χ1) is 11.5. The predicted octanol–water partition coefficient (Wildman–Crippen LogP) is 2.82. The van der Waals surface area contributed by atoms with Crippen LogP contribution in [0.2, 0.25) is 0 Å². The number of carbonyl (C=O) groups excluding carboxylic acids is 1. The van der Waals surface area contributed by atoms with Gasteiger partial charge in [-0.25, -0.2) is 8.42 Å². The first kappa shape index (κ1) is 17.5. The van der Waals surface area contributed by atoms with Gasteiger partial charge >= 0.3 is 0 Å². The molecule has 2 heterocycles. The van der Waals surface area contributed by atoms with E-state index in [1.54, 1.807) is 28.2 Å². The Morgan fingerprint density at radius 1 is 1.25 bits per heavy atom. The lowest BCUT2D eigenvalue weighted by molar-refractivity contribution is -0.119. The van der Waals surface area contributed by atoms with E-state index >= 15 is 0 Å². The minimum Gasteiger partial charge on any atom is -0.351 e. The van der Waals surface area contributed by atoms with Crippen molar-refractivity contribution in [3.8, 4) is 0 Å². The number of amides is 1. The van der Waals surface area contributed by atoms with Crippen LogP contribution in [0.25, 0.3) is 0 Å². The van der Waals surface area contributed by atoms with Crippen LogP contribution in [0, 0.1) is 0 Å². The summed E-state index contributed by atoms with van der Waals surface area (Å²) in [4.78, 5) is 11.8. The molecule has 1 aromatic heterocycles. The Hall–Kier alpha value is -1.35. The SMILES string of the molecule is CC(=O)NCc1ccc(S(=O)(=O)N2CCSC2c2ccccc2)s1. The van der Waals surface area contributed by atoms with Gasteiger partial charge in [0.1, 0.15) is 4.21 Å². The molecule has 1 unspecified atom stereocenters. The third kappa shape index (κ3) is 3.66. The van der Waals surface area contributed by atoms with E-state index in [0.29, 0.717) is 17.3 Å². The highest BCUT2D eigenvalue weighted by molar-refractivity contribution is 8.01. The molecule has 1 aliphatic heterocycles. The van der Waals surface area contributed by atoms with Gasteiger partial charge < -0.3 is 5.32 Å². The zero-order valence-electron chi connectivity index (χ0n) is 13.1. The molecular weight excluding hydrogens is 364 g/mol. The Morgan fingerprint density at radius 3 is 2.71 bits per heavy atom. The monoisotopic (exact) mass is 382 g/mol. The van der Waals surface area contributed by atoms with Crippen LogP contribution in [0.4, 0.5) is 0 Å². The Bertz CT molecular complexity index is 818. The van der Waals surface area contributed by atoms with Crippen molar-refractivity contribution in [2.45, 2.75) is 23.1 Å². The van der Waals surface area contributed by atoms with Crippen molar-refractivity contribution in [2.75, 3.05) is 12.3 Å². The maximum Gasteiger partial charge on any atom is 0.253 e. The van der Waals surface area contributed by atoms with Crippen molar-refractivity contribution in [3.05, 3.63) is 52.9 Å². The third-order valence-corrected chi connectivity index (χ3v) is 8.46. The normalized spacial score (nSPS) is 18.6. The predicted molar refractivity (Wildman–Crippen MR) is 97.4 cm³/mol. The van der Waals surface area contributed by atoms with Gasteiger partial charge in [0, 0.05) is 24.1 Å². The van der Waals surface area contributed by atoms with Crippen LogP contribution in [-0.2, 0) is 21.4 Å². The summed E-state index contributed by atoms with van der Waals surface area (Å²) in [5.74, 6) is 0.649. The Kier molecular flexibility index (Phi) is 5.29. The number of benzene rings is 1. The second-order valence-corrected chi connectivity index (χ2v) is 9.85. The average molecular weight is 383 g/mol. The van der Waals surface area contributed by atoms with E-state index in [1.807, 2.05) is 30.3 Å². The van der Waals surface area contributed by atoms with Crippen molar-refractivity contribution < 1.29 is 13.2 Å². The lowest BCUT2D eigenvalue weighted by Crippen LogP contribution is -2.30. The fraction of sp³-hybridized carbons (Fsp3) is 0.312. The number of hydrogen-bond acceptors (Lipinski definition) is 5. The molecule has 128 valence electrons. The van der Waals surface area contributed by atoms with Crippen LogP contribution < -0.4 is 5.32 Å². The molecule has 24 heavy (non-hydrogen) atoms. The quantitative estimate of drug-likeness (QED) is 0.864. The standard InChI is InChI=1S/C16H18N2O3S3/c1-12(19)17-11-14-7-8-15(23-14)24(20,21)18-9-10-22-16(18)13-5-3-2-4-6-13/h2-8,16H,9-11H2,1H3,(H,17,19). The summed E-state index contributed by atoms with van der Waals surface area (Å²) in [6, 6.07) is 13.1. The van der Waals surface area contributed by atoms with Gasteiger partial charge in [-0.15, -0.1) is 23.1 Å². The van der Waals surface area contributed by atoms with Gasteiger partial charge in [-0.1, -0.05) is 30.3 Å². The molecule has 0 saturated carbocycles. The lowest BCUT2D eigenvalue weighted by atomic mass is 10.2. The molecule has 1 amide bonds. The second kappa shape index (κ2) is 7.26. The molecule has 0 aliphatic carbocycles. The number of hydrogen-bond donors (Lipinski definition) is 1. The summed E-state index contributed by atoms with van der Waals surface area (Å²) in [7, 11) is -3.54. The molecule has 1 saturated heterocycles. The molecule has 0 radical (unpaired) electrons. The molecule has 1 N–H and O–H groups in total. The molecule has 5 nitrogen and oxygen atoms in total. The maximum atomic E-state index is 13.0. The van der Waals surface area contributed by atoms with Crippen molar-refractivity contribution in [1.82, 2.24) is 9.62 Å². The van der Waals surface area contributed by atoms with E-state index in [1.165, 1.54) is 18.3 Å². The fourth-order valence-electron chi connectivity index (χ4n) is 2.50. The van der Waals surface area contributed by atoms with Crippen LogP contribution in [0.3, 0.4) is 0 Å². The highest BCUT2D eigenvalue weighted by atomic mass is 32.2. The molecular formula is C16H18N2O3S3. The van der Waals surface area contributed by atoms with Crippen LogP contribution in [0.15, 0.2) is 46.7 Å². The lowest BCUT2D eigenvalue weighted by Gasteiger charge is -2.22. The Labute approximate surface area is 150 Å². The largest absolute Gasteiger partial charge is 0.351 e. The van der Waals surface area contributed by atoms with Crippen molar-refractivity contribution in [3.63, 3.8) is 0 Å². The van der Waals surface area contributed by atoms with E-state index in [4.69, 9.17) is 0 Å². The van der Waals surface area contributed by atoms with E-state index in [-0.39, 0.29) is 11.3 Å². The molecule has 0 bridgehead atoms. The summed E-state index contributed by atoms with van der Waals surface area (Å²) >= 11 is 2.85. The van der Waals surface area contributed by atoms with Crippen LogP contribution in [0.5, 0.6) is 0 Å². The Balaban J connectivity index is 1.83. The number of thiophene rings is 1. The van der Waals surface area contributed by atoms with Gasteiger partial charge in [-0.05, 0) is 17.7 Å². The van der Waals surface area contributed by atoms with E-state index in [2.05, 4.69) is 5.32 Å². The Morgan fingerprint density at radius 2 is 2.00 bits per heavy atom. The van der Waals surface area contributed by atoms with Crippen molar-refractivity contribution in [1.29, 1.82) is 0 Å². The number of carbonyl (C=O) groups is 1. The molecule has 1 atom stereocenters. The van der Waals surface area contributed by atoms with Crippen molar-refractivity contribution >= 4 is 39.0 Å². The first-order valence-corrected chi connectivity index (χ1v) is 10.8. The van der Waals surface area contributed by atoms with E-state index in [0.717, 1.165) is 16.2 Å². The third-order valence-electron chi connectivity index (χ3n) is 3.65. The zero-order valence-corrected chi connectivity index (χ0v) is 15.6. The smallest absolute Gasteiger partial charge is 0.253 e. The van der Waals surface area contributed by atoms with Gasteiger partial charge in [0.2, 0.25) is 5.91 Å². The summed E-state index contributed by atoms with van der Waals surface area (Å²) < 4.78 is 27.9. The summed E-state index contributed by atoms with van der Waals surface area (Å²) in [5, 5.41) is 2.51. The molecule has 8 heteroatoms. The van der Waals surface area contributed by atoms with Crippen LogP contribution in [0.1, 0.15) is 22.7 Å². The average Bonchev–Trinajstić information content (AvgIpc) is 3.23. The molecule has 1 fully saturated rings. The highest BCUT2D eigenvalue weighted by Crippen LogP contribution is 2.42. The van der Waals surface area contributed by atoms with Gasteiger partial charge in [0.15, 0.2) is 0 Å². The fourth-order valence-corrected chi connectivity index (χ4v) is 7.17. The van der Waals surface area contributed by atoms with Crippen LogP contribution in [-0.4, -0.2) is 30.9 Å². The minimum atomic E-state index is -3.54. The van der Waals surface area contributed by atoms with E-state index < -0.39 is 10.0 Å². The number of sulfonamides is 1.